The topological polar surface area (TPSA) is 29.5 Å². The molecule has 2 atom stereocenters. The maximum Gasteiger partial charge on any atom is 0.0943 e. The minimum atomic E-state index is -0.700. The van der Waals surface area contributed by atoms with Gasteiger partial charge in [0.2, 0.25) is 0 Å². The molecule has 1 fully saturated rings. The smallest absolute Gasteiger partial charge is 0.0943 e. The van der Waals surface area contributed by atoms with Crippen molar-refractivity contribution in [2.75, 3.05) is 6.61 Å². The molecule has 2 nitrogen and oxygen atoms in total. The number of hydrogen-bond donors (Lipinski definition) is 1. The Bertz CT molecular complexity index is 334. The zero-order valence-corrected chi connectivity index (χ0v) is 10.0. The Morgan fingerprint density at radius 1 is 1.31 bits per heavy atom. The van der Waals surface area contributed by atoms with Crippen LogP contribution in [0.4, 0.5) is 0 Å². The van der Waals surface area contributed by atoms with Crippen molar-refractivity contribution < 1.29 is 9.84 Å². The van der Waals surface area contributed by atoms with Crippen molar-refractivity contribution in [3.8, 4) is 0 Å². The standard InChI is InChI=1S/C14H20O2/c1-11(2)13-10-14(15,8-9-16-13)12-6-4-3-5-7-12/h3-7,11,13,15H,8-10H2,1-2H3. The molecular weight excluding hydrogens is 200 g/mol. The van der Waals surface area contributed by atoms with Gasteiger partial charge in [-0.1, -0.05) is 44.2 Å². The highest BCUT2D eigenvalue weighted by Gasteiger charge is 2.37. The van der Waals surface area contributed by atoms with E-state index in [0.717, 1.165) is 5.56 Å². The molecule has 0 amide bonds. The minimum absolute atomic E-state index is 0.166. The van der Waals surface area contributed by atoms with Crippen LogP contribution in [0.5, 0.6) is 0 Å². The summed E-state index contributed by atoms with van der Waals surface area (Å²) in [6.07, 6.45) is 1.56. The molecular formula is C14H20O2. The largest absolute Gasteiger partial charge is 0.385 e. The molecule has 0 aromatic heterocycles. The van der Waals surface area contributed by atoms with Gasteiger partial charge in [0.15, 0.2) is 0 Å². The lowest BCUT2D eigenvalue weighted by Crippen LogP contribution is -2.40. The second-order valence-electron chi connectivity index (χ2n) is 5.00. The Morgan fingerprint density at radius 2 is 2.00 bits per heavy atom. The highest BCUT2D eigenvalue weighted by atomic mass is 16.5. The normalized spacial score (nSPS) is 30.6. The van der Waals surface area contributed by atoms with Gasteiger partial charge in [-0.25, -0.2) is 0 Å². The maximum absolute atomic E-state index is 10.7. The SMILES string of the molecule is CC(C)C1CC(O)(c2ccccc2)CCO1. The zero-order valence-electron chi connectivity index (χ0n) is 10.0. The van der Waals surface area contributed by atoms with E-state index in [0.29, 0.717) is 25.4 Å². The fraction of sp³-hybridized carbons (Fsp3) is 0.571. The van der Waals surface area contributed by atoms with E-state index in [2.05, 4.69) is 13.8 Å². The van der Waals surface area contributed by atoms with E-state index in [1.54, 1.807) is 0 Å². The molecule has 0 radical (unpaired) electrons. The molecule has 2 rings (SSSR count). The van der Waals surface area contributed by atoms with E-state index in [4.69, 9.17) is 4.74 Å². The molecule has 1 aliphatic heterocycles. The van der Waals surface area contributed by atoms with Crippen LogP contribution in [0.1, 0.15) is 32.3 Å². The minimum Gasteiger partial charge on any atom is -0.385 e. The average molecular weight is 220 g/mol. The van der Waals surface area contributed by atoms with E-state index >= 15 is 0 Å². The van der Waals surface area contributed by atoms with Crippen molar-refractivity contribution in [1.82, 2.24) is 0 Å². The summed E-state index contributed by atoms with van der Waals surface area (Å²) in [6.45, 7) is 4.93. The van der Waals surface area contributed by atoms with E-state index < -0.39 is 5.60 Å². The summed E-state index contributed by atoms with van der Waals surface area (Å²) < 4.78 is 5.70. The van der Waals surface area contributed by atoms with Gasteiger partial charge in [-0.3, -0.25) is 0 Å². The molecule has 2 unspecified atom stereocenters. The van der Waals surface area contributed by atoms with Crippen LogP contribution in [0.25, 0.3) is 0 Å². The molecule has 0 spiro atoms. The monoisotopic (exact) mass is 220 g/mol. The molecule has 1 aromatic rings. The number of aliphatic hydroxyl groups is 1. The van der Waals surface area contributed by atoms with Crippen molar-refractivity contribution in [1.29, 1.82) is 0 Å². The van der Waals surface area contributed by atoms with Crippen LogP contribution in [-0.4, -0.2) is 17.8 Å². The van der Waals surface area contributed by atoms with Crippen LogP contribution in [0, 0.1) is 5.92 Å². The summed E-state index contributed by atoms with van der Waals surface area (Å²) in [7, 11) is 0. The van der Waals surface area contributed by atoms with E-state index in [-0.39, 0.29) is 6.10 Å². The van der Waals surface area contributed by atoms with Gasteiger partial charge in [-0.05, 0) is 11.5 Å². The van der Waals surface area contributed by atoms with E-state index in [1.165, 1.54) is 0 Å². The predicted octanol–water partition coefficient (Wildman–Crippen LogP) is 2.71. The first kappa shape index (κ1) is 11.6. The Labute approximate surface area is 97.3 Å². The molecule has 0 aliphatic carbocycles. The molecule has 1 N–H and O–H groups in total. The molecule has 2 heteroatoms. The fourth-order valence-electron chi connectivity index (χ4n) is 2.31. The second kappa shape index (κ2) is 4.56. The molecule has 0 saturated carbocycles. The van der Waals surface area contributed by atoms with Crippen molar-refractivity contribution >= 4 is 0 Å². The van der Waals surface area contributed by atoms with Crippen molar-refractivity contribution in [2.24, 2.45) is 5.92 Å². The molecule has 1 heterocycles. The summed E-state index contributed by atoms with van der Waals surface area (Å²) in [5.41, 5.74) is 0.318. The third kappa shape index (κ3) is 2.28. The lowest BCUT2D eigenvalue weighted by Gasteiger charge is -2.38. The van der Waals surface area contributed by atoms with Gasteiger partial charge in [0.25, 0.3) is 0 Å². The van der Waals surface area contributed by atoms with Crippen LogP contribution in [0.3, 0.4) is 0 Å². The van der Waals surface area contributed by atoms with E-state index in [9.17, 15) is 5.11 Å². The highest BCUT2D eigenvalue weighted by Crippen LogP contribution is 2.36. The summed E-state index contributed by atoms with van der Waals surface area (Å²) >= 11 is 0. The molecule has 16 heavy (non-hydrogen) atoms. The fourth-order valence-corrected chi connectivity index (χ4v) is 2.31. The van der Waals surface area contributed by atoms with Gasteiger partial charge in [0, 0.05) is 12.8 Å². The first-order valence-electron chi connectivity index (χ1n) is 6.01. The van der Waals surface area contributed by atoms with Crippen LogP contribution in [-0.2, 0) is 10.3 Å². The Morgan fingerprint density at radius 3 is 2.62 bits per heavy atom. The average Bonchev–Trinajstić information content (AvgIpc) is 2.30. The number of rotatable bonds is 2. The number of ether oxygens (including phenoxy) is 1. The van der Waals surface area contributed by atoms with Gasteiger partial charge >= 0.3 is 0 Å². The number of benzene rings is 1. The summed E-state index contributed by atoms with van der Waals surface area (Å²) in [4.78, 5) is 0. The van der Waals surface area contributed by atoms with Gasteiger partial charge < -0.3 is 9.84 Å². The summed E-state index contributed by atoms with van der Waals surface area (Å²) in [5.74, 6) is 0.454. The quantitative estimate of drug-likeness (QED) is 0.830. The third-order valence-corrected chi connectivity index (χ3v) is 3.44. The lowest BCUT2D eigenvalue weighted by molar-refractivity contribution is -0.121. The van der Waals surface area contributed by atoms with Crippen molar-refractivity contribution in [2.45, 2.75) is 38.4 Å². The molecule has 0 bridgehead atoms. The van der Waals surface area contributed by atoms with Crippen molar-refractivity contribution in [3.63, 3.8) is 0 Å². The van der Waals surface area contributed by atoms with Crippen molar-refractivity contribution in [3.05, 3.63) is 35.9 Å². The predicted molar refractivity (Wildman–Crippen MR) is 64.2 cm³/mol. The van der Waals surface area contributed by atoms with Gasteiger partial charge in [0.05, 0.1) is 18.3 Å². The molecule has 1 saturated heterocycles. The van der Waals surface area contributed by atoms with Crippen LogP contribution >= 0.6 is 0 Å². The first-order chi connectivity index (χ1) is 7.62. The molecule has 1 aliphatic rings. The lowest BCUT2D eigenvalue weighted by atomic mass is 9.81. The van der Waals surface area contributed by atoms with Crippen LogP contribution in [0.2, 0.25) is 0 Å². The third-order valence-electron chi connectivity index (χ3n) is 3.44. The summed E-state index contributed by atoms with van der Waals surface area (Å²) in [6, 6.07) is 9.94. The molecule has 88 valence electrons. The maximum atomic E-state index is 10.7. The Hall–Kier alpha value is -0.860. The Kier molecular flexibility index (Phi) is 3.31. The van der Waals surface area contributed by atoms with Crippen LogP contribution < -0.4 is 0 Å². The first-order valence-corrected chi connectivity index (χ1v) is 6.01. The zero-order chi connectivity index (χ0) is 11.6. The molecule has 1 aromatic carbocycles. The Balaban J connectivity index is 2.19. The summed E-state index contributed by atoms with van der Waals surface area (Å²) in [5, 5.41) is 10.7. The number of hydrogen-bond acceptors (Lipinski definition) is 2. The van der Waals surface area contributed by atoms with Gasteiger partial charge in [-0.2, -0.15) is 0 Å². The second-order valence-corrected chi connectivity index (χ2v) is 5.00. The van der Waals surface area contributed by atoms with Crippen LogP contribution in [0.15, 0.2) is 30.3 Å². The van der Waals surface area contributed by atoms with E-state index in [1.807, 2.05) is 30.3 Å². The van der Waals surface area contributed by atoms with Gasteiger partial charge in [0.1, 0.15) is 0 Å². The highest BCUT2D eigenvalue weighted by molar-refractivity contribution is 5.23. The van der Waals surface area contributed by atoms with Gasteiger partial charge in [-0.15, -0.1) is 0 Å².